The second-order valence-electron chi connectivity index (χ2n) is 5.67. The number of para-hydroxylation sites is 1. The van der Waals surface area contributed by atoms with E-state index in [2.05, 4.69) is 12.2 Å². The molecule has 110 valence electrons. The van der Waals surface area contributed by atoms with Crippen molar-refractivity contribution in [3.63, 3.8) is 0 Å². The van der Waals surface area contributed by atoms with Crippen molar-refractivity contribution in [2.45, 2.75) is 38.3 Å². The number of methoxy groups -OCH3 is 1. The van der Waals surface area contributed by atoms with Crippen molar-refractivity contribution in [2.24, 2.45) is 0 Å². The fourth-order valence-electron chi connectivity index (χ4n) is 2.79. The van der Waals surface area contributed by atoms with Crippen molar-refractivity contribution < 1.29 is 9.53 Å². The van der Waals surface area contributed by atoms with Gasteiger partial charge in [0.2, 0.25) is 5.91 Å². The number of hydrogen-bond acceptors (Lipinski definition) is 3. The van der Waals surface area contributed by atoms with Crippen LogP contribution in [0.15, 0.2) is 24.3 Å². The molecule has 0 fully saturated rings. The maximum atomic E-state index is 12.8. The number of rotatable bonds is 4. The Kier molecular flexibility index (Phi) is 4.65. The van der Waals surface area contributed by atoms with Gasteiger partial charge < -0.3 is 15.0 Å². The summed E-state index contributed by atoms with van der Waals surface area (Å²) >= 11 is 0. The normalized spacial score (nSPS) is 22.6. The van der Waals surface area contributed by atoms with E-state index < -0.39 is 0 Å². The number of benzene rings is 1. The molecule has 1 amide bonds. The van der Waals surface area contributed by atoms with E-state index in [4.69, 9.17) is 4.74 Å². The minimum Gasteiger partial charge on any atom is -0.383 e. The molecule has 0 aromatic heterocycles. The van der Waals surface area contributed by atoms with Crippen LogP contribution in [0.4, 0.5) is 5.69 Å². The van der Waals surface area contributed by atoms with E-state index >= 15 is 0 Å². The van der Waals surface area contributed by atoms with E-state index in [1.165, 1.54) is 0 Å². The number of fused-ring (bicyclic) bond motifs is 1. The van der Waals surface area contributed by atoms with Gasteiger partial charge in [0.15, 0.2) is 0 Å². The third-order valence-corrected chi connectivity index (χ3v) is 4.04. The molecule has 0 saturated carbocycles. The summed E-state index contributed by atoms with van der Waals surface area (Å²) in [5, 5.41) is 3.44. The van der Waals surface area contributed by atoms with Gasteiger partial charge in [-0.25, -0.2) is 0 Å². The largest absolute Gasteiger partial charge is 0.383 e. The summed E-state index contributed by atoms with van der Waals surface area (Å²) in [6.07, 6.45) is 0.833. The Morgan fingerprint density at radius 1 is 1.50 bits per heavy atom. The molecule has 1 aromatic carbocycles. The third kappa shape index (κ3) is 2.96. The van der Waals surface area contributed by atoms with E-state index in [-0.39, 0.29) is 17.9 Å². The van der Waals surface area contributed by atoms with Crippen molar-refractivity contribution in [3.05, 3.63) is 29.8 Å². The molecular weight excluding hydrogens is 252 g/mol. The summed E-state index contributed by atoms with van der Waals surface area (Å²) in [5.74, 6) is 0.113. The summed E-state index contributed by atoms with van der Waals surface area (Å²) in [6.45, 7) is 4.69. The molecule has 1 aliphatic rings. The van der Waals surface area contributed by atoms with Crippen LogP contribution in [0.2, 0.25) is 0 Å². The molecule has 0 bridgehead atoms. The number of anilines is 1. The molecule has 3 atom stereocenters. The van der Waals surface area contributed by atoms with Gasteiger partial charge in [0.25, 0.3) is 0 Å². The monoisotopic (exact) mass is 276 g/mol. The Labute approximate surface area is 121 Å². The maximum absolute atomic E-state index is 12.8. The van der Waals surface area contributed by atoms with Crippen molar-refractivity contribution >= 4 is 11.6 Å². The molecule has 1 aromatic rings. The lowest BCUT2D eigenvalue weighted by molar-refractivity contribution is -0.134. The van der Waals surface area contributed by atoms with Crippen LogP contribution in [0, 0.1) is 0 Å². The van der Waals surface area contributed by atoms with Crippen LogP contribution in [0.5, 0.6) is 0 Å². The number of nitrogens with zero attached hydrogens (tertiary/aromatic N) is 1. The Morgan fingerprint density at radius 2 is 2.20 bits per heavy atom. The molecule has 1 aliphatic heterocycles. The molecule has 1 N–H and O–H groups in total. The first-order valence-corrected chi connectivity index (χ1v) is 7.15. The molecule has 0 radical (unpaired) electrons. The lowest BCUT2D eigenvalue weighted by Gasteiger charge is -2.34. The Morgan fingerprint density at radius 3 is 2.90 bits per heavy atom. The number of carbonyl (C=O) groups is 1. The smallest absolute Gasteiger partial charge is 0.230 e. The summed E-state index contributed by atoms with van der Waals surface area (Å²) in [4.78, 5) is 14.6. The van der Waals surface area contributed by atoms with E-state index in [0.29, 0.717) is 12.6 Å². The van der Waals surface area contributed by atoms with Crippen molar-refractivity contribution in [2.75, 3.05) is 26.1 Å². The van der Waals surface area contributed by atoms with Gasteiger partial charge in [0, 0.05) is 25.9 Å². The second kappa shape index (κ2) is 6.27. The Hall–Kier alpha value is -1.55. The zero-order valence-electron chi connectivity index (χ0n) is 12.7. The van der Waals surface area contributed by atoms with Gasteiger partial charge in [-0.05, 0) is 31.9 Å². The molecule has 20 heavy (non-hydrogen) atoms. The molecule has 0 spiro atoms. The highest BCUT2D eigenvalue weighted by atomic mass is 16.5. The van der Waals surface area contributed by atoms with Crippen LogP contribution in [0.25, 0.3) is 0 Å². The van der Waals surface area contributed by atoms with Crippen molar-refractivity contribution in [1.82, 2.24) is 4.90 Å². The average Bonchev–Trinajstić information content (AvgIpc) is 2.45. The minimum absolute atomic E-state index is 0.0632. The number of ether oxygens (including phenoxy) is 1. The average molecular weight is 276 g/mol. The predicted octanol–water partition coefficient (Wildman–Crippen LogP) is 2.47. The van der Waals surface area contributed by atoms with E-state index in [9.17, 15) is 4.79 Å². The van der Waals surface area contributed by atoms with Crippen LogP contribution in [-0.2, 0) is 9.53 Å². The van der Waals surface area contributed by atoms with Gasteiger partial charge in [-0.15, -0.1) is 0 Å². The number of nitrogens with one attached hydrogen (secondary N) is 1. The van der Waals surface area contributed by atoms with E-state index in [0.717, 1.165) is 17.7 Å². The lowest BCUT2D eigenvalue weighted by Crippen LogP contribution is -2.43. The van der Waals surface area contributed by atoms with Crippen LogP contribution >= 0.6 is 0 Å². The van der Waals surface area contributed by atoms with Gasteiger partial charge in [-0.1, -0.05) is 18.2 Å². The highest BCUT2D eigenvalue weighted by Gasteiger charge is 2.32. The summed E-state index contributed by atoms with van der Waals surface area (Å²) in [7, 11) is 3.53. The lowest BCUT2D eigenvalue weighted by atomic mass is 9.86. The van der Waals surface area contributed by atoms with Crippen LogP contribution in [0.1, 0.15) is 31.7 Å². The third-order valence-electron chi connectivity index (χ3n) is 4.04. The van der Waals surface area contributed by atoms with Gasteiger partial charge >= 0.3 is 0 Å². The van der Waals surface area contributed by atoms with E-state index in [1.807, 2.05) is 43.1 Å². The first-order valence-electron chi connectivity index (χ1n) is 7.15. The minimum atomic E-state index is -0.0632. The first-order chi connectivity index (χ1) is 9.54. The zero-order valence-corrected chi connectivity index (χ0v) is 12.7. The van der Waals surface area contributed by atoms with Crippen molar-refractivity contribution in [3.8, 4) is 0 Å². The molecule has 0 aliphatic carbocycles. The molecular formula is C16H24N2O2. The highest BCUT2D eigenvalue weighted by Crippen LogP contribution is 2.35. The number of hydrogen-bond donors (Lipinski definition) is 1. The molecule has 0 saturated heterocycles. The standard InChI is InChI=1S/C16H24N2O2/c1-11-9-14(13-7-5-6-8-15(13)17-11)16(19)18(3)12(2)10-20-4/h5-8,11-12,14,17H,9-10H2,1-4H3. The van der Waals surface area contributed by atoms with Gasteiger partial charge in [-0.2, -0.15) is 0 Å². The molecule has 1 heterocycles. The second-order valence-corrected chi connectivity index (χ2v) is 5.67. The topological polar surface area (TPSA) is 41.6 Å². The Balaban J connectivity index is 2.22. The van der Waals surface area contributed by atoms with Gasteiger partial charge in [-0.3, -0.25) is 4.79 Å². The summed E-state index contributed by atoms with van der Waals surface area (Å²) in [6, 6.07) is 8.49. The molecule has 3 unspecified atom stereocenters. The zero-order chi connectivity index (χ0) is 14.7. The predicted molar refractivity (Wildman–Crippen MR) is 81.0 cm³/mol. The quantitative estimate of drug-likeness (QED) is 0.918. The molecule has 4 nitrogen and oxygen atoms in total. The summed E-state index contributed by atoms with van der Waals surface area (Å²) < 4.78 is 5.15. The van der Waals surface area contributed by atoms with Gasteiger partial charge in [0.1, 0.15) is 0 Å². The fourth-order valence-corrected chi connectivity index (χ4v) is 2.79. The van der Waals surface area contributed by atoms with Crippen LogP contribution in [-0.4, -0.2) is 43.7 Å². The summed E-state index contributed by atoms with van der Waals surface area (Å²) in [5.41, 5.74) is 2.18. The van der Waals surface area contributed by atoms with Crippen molar-refractivity contribution in [1.29, 1.82) is 0 Å². The number of likely N-dealkylation sites (N-methyl/N-ethyl adjacent to an activating group) is 1. The highest BCUT2D eigenvalue weighted by molar-refractivity contribution is 5.86. The van der Waals surface area contributed by atoms with Crippen LogP contribution < -0.4 is 5.32 Å². The molecule has 4 heteroatoms. The first kappa shape index (κ1) is 14.9. The van der Waals surface area contributed by atoms with E-state index in [1.54, 1.807) is 7.11 Å². The van der Waals surface area contributed by atoms with Gasteiger partial charge in [0.05, 0.1) is 18.6 Å². The fraction of sp³-hybridized carbons (Fsp3) is 0.562. The number of amides is 1. The SMILES string of the molecule is COCC(C)N(C)C(=O)C1CC(C)Nc2ccccc21. The Bertz CT molecular complexity index is 475. The van der Waals surface area contributed by atoms with Crippen LogP contribution in [0.3, 0.4) is 0 Å². The molecule has 2 rings (SSSR count). The number of carbonyl (C=O) groups excluding carboxylic acids is 1. The maximum Gasteiger partial charge on any atom is 0.230 e.